The first-order valence-corrected chi connectivity index (χ1v) is 14.8. The van der Waals surface area contributed by atoms with Crippen molar-refractivity contribution in [2.45, 2.75) is 117 Å². The number of aromatic nitrogens is 1. The Hall–Kier alpha value is -2.00. The summed E-state index contributed by atoms with van der Waals surface area (Å²) in [4.78, 5) is 5.24. The summed E-state index contributed by atoms with van der Waals surface area (Å²) in [5, 5.41) is 12.5. The smallest absolute Gasteiger partial charge is 0.416 e. The zero-order valence-corrected chi connectivity index (χ0v) is 25.6. The highest BCUT2D eigenvalue weighted by Crippen LogP contribution is 2.59. The first kappa shape index (κ1) is 30.5. The van der Waals surface area contributed by atoms with Crippen LogP contribution in [0.4, 0.5) is 13.2 Å². The van der Waals surface area contributed by atoms with E-state index in [1.165, 1.54) is 12.1 Å². The summed E-state index contributed by atoms with van der Waals surface area (Å²) in [5.41, 5.74) is 2.84. The van der Waals surface area contributed by atoms with Gasteiger partial charge < -0.3 is 19.3 Å². The average molecular weight is 577 g/mol. The van der Waals surface area contributed by atoms with Gasteiger partial charge in [-0.1, -0.05) is 60.6 Å². The van der Waals surface area contributed by atoms with Crippen molar-refractivity contribution in [2.75, 3.05) is 13.2 Å². The van der Waals surface area contributed by atoms with E-state index in [-0.39, 0.29) is 34.5 Å². The Balaban J connectivity index is 1.79. The lowest BCUT2D eigenvalue weighted by Gasteiger charge is -2.41. The predicted octanol–water partition coefficient (Wildman–Crippen LogP) is 7.43. The van der Waals surface area contributed by atoms with Crippen molar-refractivity contribution in [3.63, 3.8) is 0 Å². The molecule has 0 saturated carbocycles. The number of halogens is 3. The van der Waals surface area contributed by atoms with E-state index in [0.29, 0.717) is 31.6 Å². The normalized spacial score (nSPS) is 26.2. The third-order valence-electron chi connectivity index (χ3n) is 9.31. The van der Waals surface area contributed by atoms with Crippen LogP contribution >= 0.6 is 0 Å². The maximum absolute atomic E-state index is 13.4. The van der Waals surface area contributed by atoms with E-state index in [1.807, 2.05) is 13.8 Å². The van der Waals surface area contributed by atoms with E-state index in [4.69, 9.17) is 19.2 Å². The second kappa shape index (κ2) is 10.0. The number of benzene rings is 1. The molecule has 3 atom stereocenters. The van der Waals surface area contributed by atoms with Gasteiger partial charge in [0.25, 0.3) is 0 Å². The molecular formula is C33H45F3NO4+. The highest BCUT2D eigenvalue weighted by atomic mass is 19.4. The Bertz CT molecular complexity index is 1290. The summed E-state index contributed by atoms with van der Waals surface area (Å²) >= 11 is 0. The average Bonchev–Trinajstić information content (AvgIpc) is 3.10. The third kappa shape index (κ3) is 5.34. The van der Waals surface area contributed by atoms with Crippen LogP contribution < -0.4 is 0 Å². The first-order valence-electron chi connectivity index (χ1n) is 14.8. The molecule has 3 aliphatic rings. The Labute approximate surface area is 241 Å². The van der Waals surface area contributed by atoms with E-state index in [2.05, 4.69) is 41.5 Å². The van der Waals surface area contributed by atoms with Crippen LogP contribution in [0.15, 0.2) is 24.3 Å². The summed E-state index contributed by atoms with van der Waals surface area (Å²) in [6.45, 7) is 18.2. The lowest BCUT2D eigenvalue weighted by atomic mass is 9.69. The predicted molar refractivity (Wildman–Crippen MR) is 152 cm³/mol. The van der Waals surface area contributed by atoms with Crippen molar-refractivity contribution in [3.8, 4) is 0 Å². The molecule has 226 valence electrons. The highest BCUT2D eigenvalue weighted by Gasteiger charge is 2.59. The molecule has 1 fully saturated rings. The fourth-order valence-corrected chi connectivity index (χ4v) is 6.69. The van der Waals surface area contributed by atoms with Gasteiger partial charge in [-0.3, -0.25) is 4.98 Å². The van der Waals surface area contributed by atoms with Crippen LogP contribution in [0, 0.1) is 10.8 Å². The van der Waals surface area contributed by atoms with Gasteiger partial charge in [0.05, 0.1) is 22.5 Å². The zero-order chi connectivity index (χ0) is 30.2. The molecule has 5 rings (SSSR count). The van der Waals surface area contributed by atoms with Gasteiger partial charge in [-0.05, 0) is 29.9 Å². The number of pyridine rings is 1. The number of ether oxygens (including phenoxy) is 3. The second-order valence-corrected chi connectivity index (χ2v) is 14.4. The van der Waals surface area contributed by atoms with E-state index in [9.17, 15) is 18.3 Å². The number of rotatable bonds is 4. The quantitative estimate of drug-likeness (QED) is 0.385. The van der Waals surface area contributed by atoms with Gasteiger partial charge in [0, 0.05) is 61.5 Å². The minimum Gasteiger partial charge on any atom is -0.425 e. The lowest BCUT2D eigenvalue weighted by molar-refractivity contribution is -0.252. The molecular weight excluding hydrogens is 531 g/mol. The van der Waals surface area contributed by atoms with Gasteiger partial charge in [0.2, 0.25) is 5.79 Å². The van der Waals surface area contributed by atoms with Crippen molar-refractivity contribution < 1.29 is 32.5 Å². The van der Waals surface area contributed by atoms with Gasteiger partial charge in [0.1, 0.15) is 5.60 Å². The zero-order valence-electron chi connectivity index (χ0n) is 25.6. The fraction of sp³-hybridized carbons (Fsp3) is 0.667. The molecule has 3 heterocycles. The van der Waals surface area contributed by atoms with Crippen LogP contribution in [0.2, 0.25) is 0 Å². The van der Waals surface area contributed by atoms with Crippen LogP contribution in [0.1, 0.15) is 126 Å². The molecule has 1 aromatic carbocycles. The van der Waals surface area contributed by atoms with Gasteiger partial charge in [-0.25, -0.2) is 0 Å². The standard InChI is InChI=1S/C33H44F3NO4/c1-19(2)28-27-26(25-23(37-28)17-30(7,8)18-24(25)40-20(3)29(4,5)6)31(13-15-39-16-14-31)41-32(27,38)21-9-11-22(12-10-21)33(34,35)36/h9-12,19-20,24,38H,13-18H2,1-8H3/p+1. The highest BCUT2D eigenvalue weighted by molar-refractivity contribution is 5.56. The summed E-state index contributed by atoms with van der Waals surface area (Å²) in [6, 6.07) is 4.69. The molecule has 3 unspecified atom stereocenters. The Kier molecular flexibility index (Phi) is 7.45. The molecule has 1 aromatic heterocycles. The summed E-state index contributed by atoms with van der Waals surface area (Å²) in [5.74, 6) is -2.01. The van der Waals surface area contributed by atoms with Gasteiger partial charge >= 0.3 is 6.18 Å². The fourth-order valence-electron chi connectivity index (χ4n) is 6.69. The van der Waals surface area contributed by atoms with Gasteiger partial charge in [-0.2, -0.15) is 13.2 Å². The molecule has 1 saturated heterocycles. The van der Waals surface area contributed by atoms with Crippen LogP contribution in [0.25, 0.3) is 0 Å². The van der Waals surface area contributed by atoms with Crippen LogP contribution in [0.3, 0.4) is 0 Å². The van der Waals surface area contributed by atoms with E-state index >= 15 is 0 Å². The van der Waals surface area contributed by atoms with E-state index in [1.54, 1.807) is 0 Å². The maximum atomic E-state index is 13.4. The number of alkyl halides is 3. The van der Waals surface area contributed by atoms with Gasteiger partial charge in [-0.15, -0.1) is 0 Å². The molecule has 2 aliphatic heterocycles. The minimum atomic E-state index is -4.48. The number of nitrogens with zero attached hydrogens (tertiary/aromatic N) is 1. The minimum absolute atomic E-state index is 0.0275. The van der Waals surface area contributed by atoms with Crippen LogP contribution in [0.5, 0.6) is 0 Å². The Morgan fingerprint density at radius 3 is 2.15 bits per heavy atom. The second-order valence-electron chi connectivity index (χ2n) is 14.4. The number of hydrogen-bond acceptors (Lipinski definition) is 4. The molecule has 2 aromatic rings. The van der Waals surface area contributed by atoms with Crippen molar-refractivity contribution in [2.24, 2.45) is 10.8 Å². The largest absolute Gasteiger partial charge is 0.425 e. The molecule has 1 spiro atoms. The molecule has 0 radical (unpaired) electrons. The molecule has 41 heavy (non-hydrogen) atoms. The number of hydrogen-bond donors (Lipinski definition) is 1. The molecule has 0 bridgehead atoms. The summed E-state index contributed by atoms with van der Waals surface area (Å²) < 4.78 is 58.3. The third-order valence-corrected chi connectivity index (χ3v) is 9.31. The molecule has 1 aliphatic carbocycles. The van der Waals surface area contributed by atoms with Crippen molar-refractivity contribution >= 4 is 0 Å². The SMILES string of the molecule is CC(C)c1nc2c(c3c1C(O)(c1ccc(C(F)(F)F)cc1)OC31CCOCC1)C([OH+]C(C)C(C)(C)C)CC(C)(C)C2. The Morgan fingerprint density at radius 2 is 1.61 bits per heavy atom. The van der Waals surface area contributed by atoms with Crippen molar-refractivity contribution in [1.82, 2.24) is 4.98 Å². The van der Waals surface area contributed by atoms with E-state index < -0.39 is 23.1 Å². The van der Waals surface area contributed by atoms with Crippen LogP contribution in [-0.2, 0) is 33.5 Å². The lowest BCUT2D eigenvalue weighted by Crippen LogP contribution is -2.40. The number of aliphatic hydroxyl groups is 3. The van der Waals surface area contributed by atoms with Crippen molar-refractivity contribution in [1.29, 1.82) is 0 Å². The molecule has 0 amide bonds. The summed E-state index contributed by atoms with van der Waals surface area (Å²) in [7, 11) is 0. The number of fused-ring (bicyclic) bond motifs is 4. The molecule has 2 N–H and O–H groups in total. The first-order chi connectivity index (χ1) is 18.9. The monoisotopic (exact) mass is 576 g/mol. The topological polar surface area (TPSA) is 64.4 Å². The van der Waals surface area contributed by atoms with E-state index in [0.717, 1.165) is 47.5 Å². The van der Waals surface area contributed by atoms with Gasteiger partial charge in [0.15, 0.2) is 12.2 Å². The molecule has 5 nitrogen and oxygen atoms in total. The summed E-state index contributed by atoms with van der Waals surface area (Å²) in [6.07, 6.45) is -1.90. The van der Waals surface area contributed by atoms with Crippen LogP contribution in [-0.4, -0.2) is 34.1 Å². The molecule has 8 heteroatoms. The maximum Gasteiger partial charge on any atom is 0.416 e. The Morgan fingerprint density at radius 1 is 1.00 bits per heavy atom. The van der Waals surface area contributed by atoms with Crippen molar-refractivity contribution in [3.05, 3.63) is 63.5 Å².